The van der Waals surface area contributed by atoms with E-state index in [9.17, 15) is 9.90 Å². The number of ether oxygens (including phenoxy) is 3. The molecule has 0 aliphatic heterocycles. The average Bonchev–Trinajstić information content (AvgIpc) is 2.38. The second-order valence-electron chi connectivity index (χ2n) is 3.81. The molecule has 19 heavy (non-hydrogen) atoms. The summed E-state index contributed by atoms with van der Waals surface area (Å²) in [4.78, 5) is 11.6. The minimum atomic E-state index is -1.52. The summed E-state index contributed by atoms with van der Waals surface area (Å²) in [6, 6.07) is 1.64. The van der Waals surface area contributed by atoms with Gasteiger partial charge in [-0.2, -0.15) is 0 Å². The predicted molar refractivity (Wildman–Crippen MR) is 70.9 cm³/mol. The lowest BCUT2D eigenvalue weighted by atomic mass is 10.0. The van der Waals surface area contributed by atoms with Crippen molar-refractivity contribution < 1.29 is 24.1 Å². The molecular weight excluding hydrogens is 272 g/mol. The van der Waals surface area contributed by atoms with E-state index in [-0.39, 0.29) is 17.2 Å². The fraction of sp³-hybridized carbons (Fsp3) is 0.462. The third-order valence-corrected chi connectivity index (χ3v) is 2.99. The molecule has 1 aromatic rings. The molecule has 1 atom stereocenters. The summed E-state index contributed by atoms with van der Waals surface area (Å²) in [7, 11) is 2.89. The summed E-state index contributed by atoms with van der Waals surface area (Å²) in [5, 5.41) is 10.2. The number of carbonyl (C=O) groups excluding carboxylic acids is 1. The zero-order chi connectivity index (χ0) is 14.6. The lowest BCUT2D eigenvalue weighted by Gasteiger charge is -2.18. The average molecular weight is 289 g/mol. The molecule has 106 valence electrons. The Hall–Kier alpha value is -1.46. The molecule has 0 radical (unpaired) electrons. The number of methoxy groups -OCH3 is 2. The molecule has 0 heterocycles. The van der Waals surface area contributed by atoms with Crippen LogP contribution in [-0.2, 0) is 9.53 Å². The highest BCUT2D eigenvalue weighted by Crippen LogP contribution is 2.41. The van der Waals surface area contributed by atoms with Gasteiger partial charge < -0.3 is 19.3 Å². The summed E-state index contributed by atoms with van der Waals surface area (Å²) in [6.45, 7) is 3.60. The Kier molecular flexibility index (Phi) is 5.44. The molecule has 0 saturated heterocycles. The minimum absolute atomic E-state index is 0.139. The summed E-state index contributed by atoms with van der Waals surface area (Å²) >= 11 is 6.16. The Morgan fingerprint density at radius 1 is 1.42 bits per heavy atom. The van der Waals surface area contributed by atoms with Crippen LogP contribution >= 0.6 is 11.6 Å². The Morgan fingerprint density at radius 2 is 2.05 bits per heavy atom. The molecule has 0 aliphatic carbocycles. The van der Waals surface area contributed by atoms with Crippen molar-refractivity contribution in [2.75, 3.05) is 20.8 Å². The fourth-order valence-electron chi connectivity index (χ4n) is 1.76. The lowest BCUT2D eigenvalue weighted by molar-refractivity contribution is -0.153. The van der Waals surface area contributed by atoms with Crippen LogP contribution in [0.4, 0.5) is 0 Å². The monoisotopic (exact) mass is 288 g/mol. The van der Waals surface area contributed by atoms with Crippen LogP contribution in [0, 0.1) is 6.92 Å². The van der Waals surface area contributed by atoms with Gasteiger partial charge >= 0.3 is 5.97 Å². The third-order valence-electron chi connectivity index (χ3n) is 2.61. The van der Waals surface area contributed by atoms with Crippen molar-refractivity contribution in [1.82, 2.24) is 0 Å². The number of hydrogen-bond donors (Lipinski definition) is 1. The van der Waals surface area contributed by atoms with Gasteiger partial charge in [0.1, 0.15) is 11.5 Å². The van der Waals surface area contributed by atoms with E-state index < -0.39 is 12.1 Å². The quantitative estimate of drug-likeness (QED) is 0.842. The molecule has 1 aromatic carbocycles. The topological polar surface area (TPSA) is 65.0 Å². The molecule has 0 aliphatic rings. The Labute approximate surface area is 117 Å². The molecule has 6 heteroatoms. The maximum absolute atomic E-state index is 11.6. The van der Waals surface area contributed by atoms with Crippen LogP contribution in [0.1, 0.15) is 24.2 Å². The second kappa shape index (κ2) is 6.63. The van der Waals surface area contributed by atoms with Gasteiger partial charge in [-0.15, -0.1) is 0 Å². The zero-order valence-corrected chi connectivity index (χ0v) is 12.1. The Balaban J connectivity index is 3.35. The van der Waals surface area contributed by atoms with Crippen LogP contribution in [0.15, 0.2) is 6.07 Å². The summed E-state index contributed by atoms with van der Waals surface area (Å²) in [5.74, 6) is -0.0849. The van der Waals surface area contributed by atoms with Gasteiger partial charge in [0, 0.05) is 0 Å². The molecule has 0 fully saturated rings. The molecule has 0 spiro atoms. The number of aliphatic hydroxyl groups is 1. The minimum Gasteiger partial charge on any atom is -0.496 e. The van der Waals surface area contributed by atoms with E-state index in [1.807, 2.05) is 0 Å². The standard InChI is InChI=1S/C13H17ClO5/c1-5-19-13(16)11(15)9-8(17-3)6-7(2)12(18-4)10(9)14/h6,11,15H,5H2,1-4H3. The second-order valence-corrected chi connectivity index (χ2v) is 4.19. The van der Waals surface area contributed by atoms with Crippen molar-refractivity contribution in [1.29, 1.82) is 0 Å². The summed E-state index contributed by atoms with van der Waals surface area (Å²) in [5.41, 5.74) is 0.884. The van der Waals surface area contributed by atoms with Crippen molar-refractivity contribution in [3.63, 3.8) is 0 Å². The Morgan fingerprint density at radius 3 is 2.53 bits per heavy atom. The van der Waals surface area contributed by atoms with E-state index in [4.69, 9.17) is 25.8 Å². The number of esters is 1. The number of carbonyl (C=O) groups is 1. The van der Waals surface area contributed by atoms with E-state index in [0.717, 1.165) is 5.56 Å². The van der Waals surface area contributed by atoms with Gasteiger partial charge in [-0.1, -0.05) is 11.6 Å². The van der Waals surface area contributed by atoms with Crippen molar-refractivity contribution >= 4 is 17.6 Å². The molecule has 1 N–H and O–H groups in total. The van der Waals surface area contributed by atoms with Gasteiger partial charge in [0.15, 0.2) is 6.10 Å². The predicted octanol–water partition coefficient (Wildman–Crippen LogP) is 2.26. The number of halogens is 1. The van der Waals surface area contributed by atoms with Crippen LogP contribution in [0.25, 0.3) is 0 Å². The van der Waals surface area contributed by atoms with Crippen LogP contribution in [0.3, 0.4) is 0 Å². The first-order chi connectivity index (χ1) is 8.97. The summed E-state index contributed by atoms with van der Waals surface area (Å²) < 4.78 is 15.1. The number of rotatable bonds is 5. The van der Waals surface area contributed by atoms with Gasteiger partial charge in [0.2, 0.25) is 0 Å². The van der Waals surface area contributed by atoms with Crippen LogP contribution in [0.5, 0.6) is 11.5 Å². The molecule has 0 amide bonds. The van der Waals surface area contributed by atoms with Gasteiger partial charge in [-0.25, -0.2) is 4.79 Å². The van der Waals surface area contributed by atoms with Crippen LogP contribution in [-0.4, -0.2) is 31.9 Å². The molecule has 5 nitrogen and oxygen atoms in total. The van der Waals surface area contributed by atoms with E-state index in [1.54, 1.807) is 19.9 Å². The highest BCUT2D eigenvalue weighted by atomic mass is 35.5. The highest BCUT2D eigenvalue weighted by molar-refractivity contribution is 6.33. The molecule has 0 bridgehead atoms. The molecule has 1 unspecified atom stereocenters. The first kappa shape index (κ1) is 15.6. The zero-order valence-electron chi connectivity index (χ0n) is 11.3. The molecular formula is C13H17ClO5. The summed E-state index contributed by atoms with van der Waals surface area (Å²) in [6.07, 6.45) is -1.52. The molecule has 1 rings (SSSR count). The van der Waals surface area contributed by atoms with Crippen molar-refractivity contribution in [3.8, 4) is 11.5 Å². The lowest BCUT2D eigenvalue weighted by Crippen LogP contribution is -2.17. The van der Waals surface area contributed by atoms with Crippen molar-refractivity contribution in [3.05, 3.63) is 22.2 Å². The largest absolute Gasteiger partial charge is 0.496 e. The van der Waals surface area contributed by atoms with Crippen molar-refractivity contribution in [2.24, 2.45) is 0 Å². The number of hydrogen-bond acceptors (Lipinski definition) is 5. The first-order valence-corrected chi connectivity index (χ1v) is 6.11. The normalized spacial score (nSPS) is 11.9. The van der Waals surface area contributed by atoms with E-state index >= 15 is 0 Å². The fourth-order valence-corrected chi connectivity index (χ4v) is 2.18. The van der Waals surface area contributed by atoms with Gasteiger partial charge in [-0.05, 0) is 25.5 Å². The number of benzene rings is 1. The van der Waals surface area contributed by atoms with E-state index in [1.165, 1.54) is 14.2 Å². The molecule has 0 saturated carbocycles. The Bertz CT molecular complexity index is 473. The van der Waals surface area contributed by atoms with Crippen LogP contribution < -0.4 is 9.47 Å². The smallest absolute Gasteiger partial charge is 0.339 e. The highest BCUT2D eigenvalue weighted by Gasteiger charge is 2.28. The van der Waals surface area contributed by atoms with Crippen molar-refractivity contribution in [2.45, 2.75) is 20.0 Å². The van der Waals surface area contributed by atoms with Crippen LogP contribution in [0.2, 0.25) is 5.02 Å². The first-order valence-electron chi connectivity index (χ1n) is 5.73. The third kappa shape index (κ3) is 3.11. The number of aliphatic hydroxyl groups excluding tert-OH is 1. The van der Waals surface area contributed by atoms with E-state index in [0.29, 0.717) is 11.5 Å². The SMILES string of the molecule is CCOC(=O)C(O)c1c(OC)cc(C)c(OC)c1Cl. The number of aryl methyl sites for hydroxylation is 1. The van der Waals surface area contributed by atoms with Gasteiger partial charge in [0.05, 0.1) is 31.4 Å². The van der Waals surface area contributed by atoms with Gasteiger partial charge in [-0.3, -0.25) is 0 Å². The maximum atomic E-state index is 11.6. The van der Waals surface area contributed by atoms with E-state index in [2.05, 4.69) is 0 Å². The maximum Gasteiger partial charge on any atom is 0.339 e. The van der Waals surface area contributed by atoms with Gasteiger partial charge in [0.25, 0.3) is 0 Å². The molecule has 0 aromatic heterocycles.